The summed E-state index contributed by atoms with van der Waals surface area (Å²) < 4.78 is 27.3. The van der Waals surface area contributed by atoms with Crippen LogP contribution in [0.1, 0.15) is 30.9 Å². The third-order valence-corrected chi connectivity index (χ3v) is 3.32. The molecule has 0 amide bonds. The van der Waals surface area contributed by atoms with Crippen LogP contribution >= 0.6 is 27.5 Å². The van der Waals surface area contributed by atoms with Gasteiger partial charge in [-0.3, -0.25) is 0 Å². The van der Waals surface area contributed by atoms with Gasteiger partial charge in [-0.05, 0) is 28.8 Å². The lowest BCUT2D eigenvalue weighted by molar-refractivity contribution is 0.563. The number of hydrogen-bond donors (Lipinski definition) is 0. The highest BCUT2D eigenvalue weighted by molar-refractivity contribution is 9.10. The Kier molecular flexibility index (Phi) is 3.53. The van der Waals surface area contributed by atoms with E-state index in [-0.39, 0.29) is 26.5 Å². The summed E-state index contributed by atoms with van der Waals surface area (Å²) in [7, 11) is 0. The van der Waals surface area contributed by atoms with Crippen molar-refractivity contribution in [1.82, 2.24) is 0 Å². The Bertz CT molecular complexity index is 346. The summed E-state index contributed by atoms with van der Waals surface area (Å²) in [5.41, 5.74) is 0.429. The van der Waals surface area contributed by atoms with Crippen molar-refractivity contribution in [3.05, 3.63) is 32.3 Å². The predicted octanol–water partition coefficient (Wildman–Crippen LogP) is 4.81. The quantitative estimate of drug-likeness (QED) is 0.649. The third kappa shape index (κ3) is 1.80. The highest BCUT2D eigenvalue weighted by Gasteiger charge is 2.21. The first-order valence-electron chi connectivity index (χ1n) is 4.20. The minimum atomic E-state index is -0.535. The molecule has 1 aromatic rings. The van der Waals surface area contributed by atoms with Crippen LogP contribution < -0.4 is 0 Å². The summed E-state index contributed by atoms with van der Waals surface area (Å²) in [6.45, 7) is 5.03. The molecule has 78 valence electrons. The van der Waals surface area contributed by atoms with Crippen LogP contribution in [0.3, 0.4) is 0 Å². The summed E-state index contributed by atoms with van der Waals surface area (Å²) in [5, 5.41) is -0.130. The summed E-state index contributed by atoms with van der Waals surface area (Å²) >= 11 is 8.71. The van der Waals surface area contributed by atoms with Crippen molar-refractivity contribution >= 4 is 27.5 Å². The Hall–Kier alpha value is -0.150. The number of halogens is 4. The van der Waals surface area contributed by atoms with Crippen LogP contribution in [0.15, 0.2) is 4.47 Å². The molecule has 0 atom stereocenters. The van der Waals surface area contributed by atoms with Crippen LogP contribution in [0.2, 0.25) is 5.02 Å². The molecule has 0 saturated carbocycles. The standard InChI is InChI=1S/C10H10BrClF2/c1-4(2)6-7(11)9(13)5(3)8(12)10(6)14/h4H,1-3H3. The Balaban J connectivity index is 3.60. The molecule has 0 spiro atoms. The zero-order valence-electron chi connectivity index (χ0n) is 8.09. The van der Waals surface area contributed by atoms with Gasteiger partial charge in [0.2, 0.25) is 0 Å². The van der Waals surface area contributed by atoms with E-state index in [1.54, 1.807) is 13.8 Å². The number of hydrogen-bond acceptors (Lipinski definition) is 0. The van der Waals surface area contributed by atoms with Gasteiger partial charge in [-0.1, -0.05) is 25.4 Å². The van der Waals surface area contributed by atoms with Crippen molar-refractivity contribution in [2.24, 2.45) is 0 Å². The average Bonchev–Trinajstić information content (AvgIpc) is 2.11. The van der Waals surface area contributed by atoms with E-state index in [1.807, 2.05) is 0 Å². The predicted molar refractivity (Wildman–Crippen MR) is 57.9 cm³/mol. The van der Waals surface area contributed by atoms with Crippen molar-refractivity contribution in [3.8, 4) is 0 Å². The molecule has 0 N–H and O–H groups in total. The summed E-state index contributed by atoms with van der Waals surface area (Å²) in [6, 6.07) is 0. The molecule has 14 heavy (non-hydrogen) atoms. The van der Waals surface area contributed by atoms with Crippen molar-refractivity contribution in [2.45, 2.75) is 26.7 Å². The van der Waals surface area contributed by atoms with Gasteiger partial charge in [0.1, 0.15) is 11.6 Å². The first kappa shape index (κ1) is 11.9. The van der Waals surface area contributed by atoms with Gasteiger partial charge in [0, 0.05) is 11.1 Å². The average molecular weight is 284 g/mol. The smallest absolute Gasteiger partial charge is 0.146 e. The lowest BCUT2D eigenvalue weighted by Gasteiger charge is -2.14. The van der Waals surface area contributed by atoms with Crippen LogP contribution in [0, 0.1) is 18.6 Å². The summed E-state index contributed by atoms with van der Waals surface area (Å²) in [4.78, 5) is 0. The van der Waals surface area contributed by atoms with E-state index in [4.69, 9.17) is 11.6 Å². The zero-order chi connectivity index (χ0) is 11.0. The second kappa shape index (κ2) is 4.15. The molecule has 0 heterocycles. The van der Waals surface area contributed by atoms with E-state index in [0.29, 0.717) is 0 Å². The molecule has 0 nitrogen and oxygen atoms in total. The first-order chi connectivity index (χ1) is 6.37. The van der Waals surface area contributed by atoms with Gasteiger partial charge < -0.3 is 0 Å². The minimum Gasteiger partial charge on any atom is -0.205 e. The lowest BCUT2D eigenvalue weighted by Crippen LogP contribution is -2.01. The monoisotopic (exact) mass is 282 g/mol. The van der Waals surface area contributed by atoms with Gasteiger partial charge in [-0.25, -0.2) is 8.78 Å². The van der Waals surface area contributed by atoms with Crippen molar-refractivity contribution in [1.29, 1.82) is 0 Å². The first-order valence-corrected chi connectivity index (χ1v) is 5.37. The Labute approximate surface area is 95.4 Å². The van der Waals surface area contributed by atoms with Crippen molar-refractivity contribution in [3.63, 3.8) is 0 Å². The molecule has 0 aliphatic heterocycles. The second-order valence-corrected chi connectivity index (χ2v) is 4.62. The molecule has 1 aromatic carbocycles. The second-order valence-electron chi connectivity index (χ2n) is 3.45. The largest absolute Gasteiger partial charge is 0.205 e. The van der Waals surface area contributed by atoms with Crippen LogP contribution in [-0.2, 0) is 0 Å². The van der Waals surface area contributed by atoms with Gasteiger partial charge in [0.05, 0.1) is 9.50 Å². The lowest BCUT2D eigenvalue weighted by atomic mass is 10.0. The minimum absolute atomic E-state index is 0.114. The number of benzene rings is 1. The molecule has 0 bridgehead atoms. The molecule has 1 rings (SSSR count). The highest BCUT2D eigenvalue weighted by atomic mass is 79.9. The Morgan fingerprint density at radius 1 is 1.21 bits per heavy atom. The fraction of sp³-hybridized carbons (Fsp3) is 0.400. The highest BCUT2D eigenvalue weighted by Crippen LogP contribution is 2.36. The number of rotatable bonds is 1. The molecule has 0 unspecified atom stereocenters. The Morgan fingerprint density at radius 2 is 1.71 bits per heavy atom. The van der Waals surface area contributed by atoms with E-state index < -0.39 is 11.6 Å². The fourth-order valence-corrected chi connectivity index (χ4v) is 2.38. The molecular weight excluding hydrogens is 273 g/mol. The van der Waals surface area contributed by atoms with Gasteiger partial charge in [0.15, 0.2) is 0 Å². The van der Waals surface area contributed by atoms with Crippen LogP contribution in [-0.4, -0.2) is 0 Å². The molecule has 0 fully saturated rings. The van der Waals surface area contributed by atoms with E-state index in [1.165, 1.54) is 6.92 Å². The Morgan fingerprint density at radius 3 is 2.14 bits per heavy atom. The van der Waals surface area contributed by atoms with Gasteiger partial charge >= 0.3 is 0 Å². The van der Waals surface area contributed by atoms with Crippen molar-refractivity contribution < 1.29 is 8.78 Å². The molecule has 0 aromatic heterocycles. The maximum absolute atomic E-state index is 13.6. The van der Waals surface area contributed by atoms with E-state index >= 15 is 0 Å². The maximum Gasteiger partial charge on any atom is 0.146 e. The molecule has 4 heteroatoms. The summed E-state index contributed by atoms with van der Waals surface area (Å²) in [5.74, 6) is -1.13. The SMILES string of the molecule is Cc1c(F)c(Br)c(C(C)C)c(F)c1Cl. The van der Waals surface area contributed by atoms with E-state index in [0.717, 1.165) is 0 Å². The fourth-order valence-electron chi connectivity index (χ4n) is 1.27. The van der Waals surface area contributed by atoms with Crippen LogP contribution in [0.5, 0.6) is 0 Å². The van der Waals surface area contributed by atoms with Gasteiger partial charge in [0.25, 0.3) is 0 Å². The van der Waals surface area contributed by atoms with Gasteiger partial charge in [-0.15, -0.1) is 0 Å². The maximum atomic E-state index is 13.6. The molecule has 0 aliphatic carbocycles. The molecular formula is C10H10BrClF2. The topological polar surface area (TPSA) is 0 Å². The van der Waals surface area contributed by atoms with Crippen LogP contribution in [0.4, 0.5) is 8.78 Å². The normalized spacial score (nSPS) is 11.1. The van der Waals surface area contributed by atoms with E-state index in [2.05, 4.69) is 15.9 Å². The molecule has 0 radical (unpaired) electrons. The third-order valence-electron chi connectivity index (χ3n) is 2.09. The van der Waals surface area contributed by atoms with Crippen LogP contribution in [0.25, 0.3) is 0 Å². The molecule has 0 saturated heterocycles. The molecule has 0 aliphatic rings. The van der Waals surface area contributed by atoms with Crippen molar-refractivity contribution in [2.75, 3.05) is 0 Å². The summed E-state index contributed by atoms with van der Waals surface area (Å²) in [6.07, 6.45) is 0. The van der Waals surface area contributed by atoms with Gasteiger partial charge in [-0.2, -0.15) is 0 Å². The van der Waals surface area contributed by atoms with E-state index in [9.17, 15) is 8.78 Å². The zero-order valence-corrected chi connectivity index (χ0v) is 10.4.